The summed E-state index contributed by atoms with van der Waals surface area (Å²) in [6.07, 6.45) is 80.1. The Balaban J connectivity index is 4.29. The highest BCUT2D eigenvalue weighted by molar-refractivity contribution is 5.71. The summed E-state index contributed by atoms with van der Waals surface area (Å²) in [6, 6.07) is 0. The minimum Gasteiger partial charge on any atom is -0.462 e. The quantitative estimate of drug-likeness (QED) is 0.0261. The number of hydrogen-bond acceptors (Lipinski definition) is 6. The van der Waals surface area contributed by atoms with Crippen LogP contribution in [0.15, 0.2) is 85.1 Å². The molecule has 0 spiro atoms. The molecule has 0 aliphatic carbocycles. The van der Waals surface area contributed by atoms with Crippen LogP contribution in [-0.2, 0) is 28.6 Å². The highest BCUT2D eigenvalue weighted by atomic mass is 16.6. The first-order valence-corrected chi connectivity index (χ1v) is 31.1. The van der Waals surface area contributed by atoms with Crippen molar-refractivity contribution in [2.45, 2.75) is 309 Å². The number of carbonyl (C=O) groups excluding carboxylic acids is 3. The Morgan fingerprint density at radius 3 is 0.890 bits per heavy atom. The van der Waals surface area contributed by atoms with E-state index < -0.39 is 6.10 Å². The Morgan fingerprint density at radius 1 is 0.288 bits per heavy atom. The van der Waals surface area contributed by atoms with Crippen molar-refractivity contribution < 1.29 is 28.6 Å². The molecule has 0 saturated heterocycles. The van der Waals surface area contributed by atoms with E-state index in [-0.39, 0.29) is 31.1 Å². The van der Waals surface area contributed by atoms with Gasteiger partial charge in [-0.2, -0.15) is 0 Å². The van der Waals surface area contributed by atoms with Gasteiger partial charge in [-0.1, -0.05) is 260 Å². The van der Waals surface area contributed by atoms with Gasteiger partial charge in [-0.15, -0.1) is 0 Å². The molecule has 1 unspecified atom stereocenters. The second kappa shape index (κ2) is 61.1. The highest BCUT2D eigenvalue weighted by Gasteiger charge is 2.19. The highest BCUT2D eigenvalue weighted by Crippen LogP contribution is 2.16. The number of unbranched alkanes of at least 4 members (excludes halogenated alkanes) is 31. The minimum atomic E-state index is -0.784. The van der Waals surface area contributed by atoms with Gasteiger partial charge in [0.15, 0.2) is 6.10 Å². The molecule has 0 fully saturated rings. The maximum absolute atomic E-state index is 12.9. The zero-order valence-corrected chi connectivity index (χ0v) is 48.1. The van der Waals surface area contributed by atoms with Gasteiger partial charge in [-0.3, -0.25) is 14.4 Å². The molecule has 0 aliphatic heterocycles. The van der Waals surface area contributed by atoms with Gasteiger partial charge in [0.05, 0.1) is 0 Å². The van der Waals surface area contributed by atoms with Gasteiger partial charge in [0.1, 0.15) is 13.2 Å². The third-order valence-electron chi connectivity index (χ3n) is 13.4. The van der Waals surface area contributed by atoms with Crippen molar-refractivity contribution in [2.75, 3.05) is 13.2 Å². The molecule has 0 aromatic heterocycles. The predicted molar refractivity (Wildman–Crippen MR) is 316 cm³/mol. The lowest BCUT2D eigenvalue weighted by molar-refractivity contribution is -0.167. The van der Waals surface area contributed by atoms with E-state index in [1.54, 1.807) is 0 Å². The van der Waals surface area contributed by atoms with Crippen LogP contribution in [0.1, 0.15) is 303 Å². The van der Waals surface area contributed by atoms with Crippen molar-refractivity contribution in [3.8, 4) is 0 Å². The van der Waals surface area contributed by atoms with Crippen LogP contribution in [0.4, 0.5) is 0 Å². The molecule has 0 rings (SSSR count). The molecule has 0 aromatic rings. The molecule has 0 amide bonds. The van der Waals surface area contributed by atoms with Crippen LogP contribution in [0.25, 0.3) is 0 Å². The second-order valence-corrected chi connectivity index (χ2v) is 20.6. The van der Waals surface area contributed by atoms with Gasteiger partial charge >= 0.3 is 17.9 Å². The monoisotopic (exact) mass is 1020 g/mol. The fraction of sp³-hybridized carbons (Fsp3) is 0.746. The van der Waals surface area contributed by atoms with Crippen molar-refractivity contribution in [3.63, 3.8) is 0 Å². The molecule has 0 N–H and O–H groups in total. The first-order chi connectivity index (χ1) is 36.0. The number of esters is 3. The van der Waals surface area contributed by atoms with E-state index in [4.69, 9.17) is 14.2 Å². The van der Waals surface area contributed by atoms with E-state index in [0.717, 1.165) is 103 Å². The molecular formula is C67H116O6. The molecule has 73 heavy (non-hydrogen) atoms. The largest absolute Gasteiger partial charge is 0.462 e. The number of rotatable bonds is 56. The summed E-state index contributed by atoms with van der Waals surface area (Å²) in [5.74, 6) is -0.890. The zero-order chi connectivity index (χ0) is 52.9. The lowest BCUT2D eigenvalue weighted by atomic mass is 10.1. The summed E-state index contributed by atoms with van der Waals surface area (Å²) in [7, 11) is 0. The molecule has 6 nitrogen and oxygen atoms in total. The van der Waals surface area contributed by atoms with Gasteiger partial charge < -0.3 is 14.2 Å². The number of carbonyl (C=O) groups is 3. The molecule has 6 heteroatoms. The molecular weight excluding hydrogens is 901 g/mol. The molecule has 0 bridgehead atoms. The second-order valence-electron chi connectivity index (χ2n) is 20.6. The molecule has 0 aliphatic rings. The lowest BCUT2D eigenvalue weighted by Crippen LogP contribution is -2.30. The molecule has 0 saturated carbocycles. The maximum atomic E-state index is 12.9. The van der Waals surface area contributed by atoms with Crippen LogP contribution in [0.3, 0.4) is 0 Å². The number of hydrogen-bond donors (Lipinski definition) is 0. The Labute approximate surface area is 452 Å². The van der Waals surface area contributed by atoms with E-state index in [1.165, 1.54) is 161 Å². The van der Waals surface area contributed by atoms with Crippen LogP contribution in [-0.4, -0.2) is 37.2 Å². The van der Waals surface area contributed by atoms with Crippen molar-refractivity contribution in [1.29, 1.82) is 0 Å². The van der Waals surface area contributed by atoms with Crippen LogP contribution in [0.5, 0.6) is 0 Å². The number of ether oxygens (including phenoxy) is 3. The zero-order valence-electron chi connectivity index (χ0n) is 48.1. The normalized spacial score (nSPS) is 12.6. The third kappa shape index (κ3) is 59.3. The average molecular weight is 1020 g/mol. The Kier molecular flexibility index (Phi) is 58.3. The summed E-state index contributed by atoms with van der Waals surface area (Å²) in [4.78, 5) is 38.2. The molecule has 0 radical (unpaired) electrons. The van der Waals surface area contributed by atoms with Crippen LogP contribution < -0.4 is 0 Å². The van der Waals surface area contributed by atoms with Crippen LogP contribution in [0.2, 0.25) is 0 Å². The maximum Gasteiger partial charge on any atom is 0.306 e. The summed E-state index contributed by atoms with van der Waals surface area (Å²) in [5.41, 5.74) is 0. The summed E-state index contributed by atoms with van der Waals surface area (Å²) < 4.78 is 16.9. The molecule has 1 atom stereocenters. The summed E-state index contributed by atoms with van der Waals surface area (Å²) >= 11 is 0. The van der Waals surface area contributed by atoms with Crippen LogP contribution >= 0.6 is 0 Å². The summed E-state index contributed by atoms with van der Waals surface area (Å²) in [6.45, 7) is 6.49. The van der Waals surface area contributed by atoms with Crippen molar-refractivity contribution in [3.05, 3.63) is 85.1 Å². The third-order valence-corrected chi connectivity index (χ3v) is 13.4. The van der Waals surface area contributed by atoms with Gasteiger partial charge in [-0.05, 0) is 109 Å². The topological polar surface area (TPSA) is 78.9 Å². The molecule has 420 valence electrons. The standard InChI is InChI=1S/C67H116O6/c1-4-7-10-13-16-19-22-24-26-28-30-31-32-33-34-35-37-38-40-42-45-48-51-54-57-60-66(69)72-63-64(62-71-65(68)59-56-53-50-47-44-21-18-15-12-9-6-3)73-67(70)61-58-55-52-49-46-43-41-39-36-29-27-25-23-20-17-14-11-8-5-2/h7,10,15-16,18-19,24-27,30-31,33-34,64H,4-6,8-9,11-14,17,20-23,28-29,32,35-63H2,1-3H3/b10-7-,18-15-,19-16-,26-24-,27-25-,31-30-,34-33-. The fourth-order valence-electron chi connectivity index (χ4n) is 8.68. The molecule has 0 aromatic carbocycles. The first kappa shape index (κ1) is 69.6. The Morgan fingerprint density at radius 2 is 0.548 bits per heavy atom. The smallest absolute Gasteiger partial charge is 0.306 e. The van der Waals surface area contributed by atoms with Gasteiger partial charge in [0, 0.05) is 19.3 Å². The fourth-order valence-corrected chi connectivity index (χ4v) is 8.68. The van der Waals surface area contributed by atoms with E-state index in [9.17, 15) is 14.4 Å². The predicted octanol–water partition coefficient (Wildman–Crippen LogP) is 21.1. The van der Waals surface area contributed by atoms with E-state index >= 15 is 0 Å². The SMILES string of the molecule is CC/C=C\C/C=C\C/C=C\C/C=C\C/C=C\CCCCCCCCCCCC(=O)OCC(COC(=O)CCCCCCC/C=C\CCCC)OC(=O)CCCCCCCCCCC/C=C\CCCCCCCC. The van der Waals surface area contributed by atoms with Gasteiger partial charge in [0.2, 0.25) is 0 Å². The van der Waals surface area contributed by atoms with E-state index in [0.29, 0.717) is 19.3 Å². The Hall–Kier alpha value is -3.41. The van der Waals surface area contributed by atoms with Crippen molar-refractivity contribution in [1.82, 2.24) is 0 Å². The summed E-state index contributed by atoms with van der Waals surface area (Å²) in [5, 5.41) is 0. The minimum absolute atomic E-state index is 0.0820. The Bertz CT molecular complexity index is 1400. The first-order valence-electron chi connectivity index (χ1n) is 31.1. The average Bonchev–Trinajstić information content (AvgIpc) is 3.39. The van der Waals surface area contributed by atoms with Gasteiger partial charge in [0.25, 0.3) is 0 Å². The van der Waals surface area contributed by atoms with Crippen molar-refractivity contribution >= 4 is 17.9 Å². The van der Waals surface area contributed by atoms with Crippen LogP contribution in [0, 0.1) is 0 Å². The van der Waals surface area contributed by atoms with E-state index in [1.807, 2.05) is 0 Å². The van der Waals surface area contributed by atoms with Crippen molar-refractivity contribution in [2.24, 2.45) is 0 Å². The van der Waals surface area contributed by atoms with E-state index in [2.05, 4.69) is 106 Å². The van der Waals surface area contributed by atoms with Gasteiger partial charge in [-0.25, -0.2) is 0 Å². The lowest BCUT2D eigenvalue weighted by Gasteiger charge is -2.18. The molecule has 0 heterocycles. The number of allylic oxidation sites excluding steroid dienone is 14.